The fourth-order valence-electron chi connectivity index (χ4n) is 1.38. The molecule has 0 aliphatic heterocycles. The van der Waals surface area contributed by atoms with Crippen LogP contribution >= 0.6 is 11.3 Å². The minimum atomic E-state index is -0.425. The number of thiophene rings is 1. The largest absolute Gasteiger partial charge is 0.489 e. The Labute approximate surface area is 99.1 Å². The van der Waals surface area contributed by atoms with Gasteiger partial charge in [-0.2, -0.15) is 11.3 Å². The highest BCUT2D eigenvalue weighted by molar-refractivity contribution is 7.07. The van der Waals surface area contributed by atoms with Crippen LogP contribution in [0.25, 0.3) is 0 Å². The molecule has 0 aliphatic rings. The van der Waals surface area contributed by atoms with Gasteiger partial charge >= 0.3 is 0 Å². The molecule has 0 saturated carbocycles. The molecule has 2 nitrogen and oxygen atoms in total. The average molecular weight is 234 g/mol. The van der Waals surface area contributed by atoms with Crippen LogP contribution in [0.15, 0.2) is 41.1 Å². The van der Waals surface area contributed by atoms with Gasteiger partial charge in [0, 0.05) is 0 Å². The van der Waals surface area contributed by atoms with Crippen molar-refractivity contribution in [3.8, 4) is 5.75 Å². The zero-order chi connectivity index (χ0) is 11.4. The van der Waals surface area contributed by atoms with Crippen LogP contribution in [-0.4, -0.2) is 5.11 Å². The van der Waals surface area contributed by atoms with Crippen LogP contribution in [0.5, 0.6) is 5.75 Å². The number of rotatable bonds is 4. The number of aliphatic hydroxyl groups excluding tert-OH is 1. The third-order valence-corrected chi connectivity index (χ3v) is 3.08. The summed E-state index contributed by atoms with van der Waals surface area (Å²) in [5, 5.41) is 13.5. The van der Waals surface area contributed by atoms with Crippen LogP contribution in [-0.2, 0) is 6.61 Å². The molecule has 2 aromatic rings. The summed E-state index contributed by atoms with van der Waals surface area (Å²) in [5.41, 5.74) is 2.09. The van der Waals surface area contributed by atoms with E-state index in [9.17, 15) is 5.11 Å². The van der Waals surface area contributed by atoms with Crippen LogP contribution < -0.4 is 4.74 Å². The van der Waals surface area contributed by atoms with Crippen molar-refractivity contribution in [3.05, 3.63) is 52.2 Å². The second-order valence-electron chi connectivity index (χ2n) is 3.67. The van der Waals surface area contributed by atoms with Crippen molar-refractivity contribution in [2.45, 2.75) is 19.6 Å². The fraction of sp³-hybridized carbons (Fsp3) is 0.231. The summed E-state index contributed by atoms with van der Waals surface area (Å²) in [7, 11) is 0. The first kappa shape index (κ1) is 11.2. The zero-order valence-electron chi connectivity index (χ0n) is 9.09. The summed E-state index contributed by atoms with van der Waals surface area (Å²) >= 11 is 1.67. The molecule has 2 rings (SSSR count). The number of benzene rings is 1. The molecule has 1 atom stereocenters. The van der Waals surface area contributed by atoms with Crippen molar-refractivity contribution >= 4 is 11.3 Å². The smallest absolute Gasteiger partial charge is 0.119 e. The molecule has 0 unspecified atom stereocenters. The van der Waals surface area contributed by atoms with E-state index in [4.69, 9.17) is 4.74 Å². The molecule has 3 heteroatoms. The summed E-state index contributed by atoms with van der Waals surface area (Å²) in [6, 6.07) is 9.58. The first-order valence-corrected chi connectivity index (χ1v) is 6.12. The highest BCUT2D eigenvalue weighted by Crippen LogP contribution is 2.18. The van der Waals surface area contributed by atoms with Gasteiger partial charge in [-0.15, -0.1) is 0 Å². The molecule has 0 spiro atoms. The molecule has 0 radical (unpaired) electrons. The maximum absolute atomic E-state index is 9.36. The maximum atomic E-state index is 9.36. The minimum absolute atomic E-state index is 0.425. The van der Waals surface area contributed by atoms with Gasteiger partial charge in [0.15, 0.2) is 0 Å². The molecule has 0 aliphatic carbocycles. The van der Waals surface area contributed by atoms with Gasteiger partial charge in [-0.05, 0) is 47.0 Å². The molecule has 0 amide bonds. The standard InChI is InChI=1S/C13H14O2S/c1-10(14)12-2-4-13(5-3-12)15-8-11-6-7-16-9-11/h2-7,9-10,14H,8H2,1H3/t10-/m1/s1. The summed E-state index contributed by atoms with van der Waals surface area (Å²) in [6.45, 7) is 2.35. The van der Waals surface area contributed by atoms with Gasteiger partial charge in [0.05, 0.1) is 6.10 Å². The Balaban J connectivity index is 1.95. The molecule has 84 valence electrons. The summed E-state index contributed by atoms with van der Waals surface area (Å²) in [4.78, 5) is 0. The van der Waals surface area contributed by atoms with E-state index in [2.05, 4.69) is 11.4 Å². The topological polar surface area (TPSA) is 29.5 Å². The Bertz CT molecular complexity index is 418. The number of hydrogen-bond donors (Lipinski definition) is 1. The molecule has 0 fully saturated rings. The molecule has 0 saturated heterocycles. The van der Waals surface area contributed by atoms with Gasteiger partial charge in [-0.3, -0.25) is 0 Å². The van der Waals surface area contributed by atoms with Crippen molar-refractivity contribution in [2.75, 3.05) is 0 Å². The maximum Gasteiger partial charge on any atom is 0.119 e. The van der Waals surface area contributed by atoms with Crippen LogP contribution in [0.4, 0.5) is 0 Å². The highest BCUT2D eigenvalue weighted by Gasteiger charge is 2.01. The Hall–Kier alpha value is -1.32. The van der Waals surface area contributed by atoms with E-state index < -0.39 is 6.10 Å². The lowest BCUT2D eigenvalue weighted by molar-refractivity contribution is 0.199. The molecule has 1 heterocycles. The highest BCUT2D eigenvalue weighted by atomic mass is 32.1. The third-order valence-electron chi connectivity index (χ3n) is 2.35. The van der Waals surface area contributed by atoms with E-state index in [0.29, 0.717) is 6.61 Å². The van der Waals surface area contributed by atoms with E-state index in [0.717, 1.165) is 11.3 Å². The van der Waals surface area contributed by atoms with Crippen LogP contribution in [0.1, 0.15) is 24.2 Å². The normalized spacial score (nSPS) is 12.4. The molecule has 1 aromatic heterocycles. The molecule has 16 heavy (non-hydrogen) atoms. The Morgan fingerprint density at radius 1 is 1.25 bits per heavy atom. The van der Waals surface area contributed by atoms with Gasteiger partial charge in [-0.1, -0.05) is 12.1 Å². The van der Waals surface area contributed by atoms with Crippen LogP contribution in [0.3, 0.4) is 0 Å². The monoisotopic (exact) mass is 234 g/mol. The van der Waals surface area contributed by atoms with Crippen molar-refractivity contribution in [2.24, 2.45) is 0 Å². The van der Waals surface area contributed by atoms with E-state index in [-0.39, 0.29) is 0 Å². The predicted molar refractivity (Wildman–Crippen MR) is 65.7 cm³/mol. The number of hydrogen-bond acceptors (Lipinski definition) is 3. The van der Waals surface area contributed by atoms with Gasteiger partial charge < -0.3 is 9.84 Å². The van der Waals surface area contributed by atoms with Gasteiger partial charge in [-0.25, -0.2) is 0 Å². The number of aliphatic hydroxyl groups is 1. The lowest BCUT2D eigenvalue weighted by Gasteiger charge is -2.07. The second kappa shape index (κ2) is 5.14. The Morgan fingerprint density at radius 3 is 2.56 bits per heavy atom. The van der Waals surface area contributed by atoms with Crippen molar-refractivity contribution in [3.63, 3.8) is 0 Å². The molecule has 0 bridgehead atoms. The minimum Gasteiger partial charge on any atom is -0.489 e. The fourth-order valence-corrected chi connectivity index (χ4v) is 2.04. The first-order valence-electron chi connectivity index (χ1n) is 5.17. The van der Waals surface area contributed by atoms with Gasteiger partial charge in [0.2, 0.25) is 0 Å². The zero-order valence-corrected chi connectivity index (χ0v) is 9.91. The Kier molecular flexibility index (Phi) is 3.59. The van der Waals surface area contributed by atoms with Gasteiger partial charge in [0.1, 0.15) is 12.4 Å². The summed E-state index contributed by atoms with van der Waals surface area (Å²) in [6.07, 6.45) is -0.425. The Morgan fingerprint density at radius 2 is 2.00 bits per heavy atom. The summed E-state index contributed by atoms with van der Waals surface area (Å²) in [5.74, 6) is 0.829. The number of ether oxygens (including phenoxy) is 1. The van der Waals surface area contributed by atoms with Crippen molar-refractivity contribution in [1.29, 1.82) is 0 Å². The van der Waals surface area contributed by atoms with E-state index in [1.165, 1.54) is 5.56 Å². The summed E-state index contributed by atoms with van der Waals surface area (Å²) < 4.78 is 5.61. The van der Waals surface area contributed by atoms with E-state index >= 15 is 0 Å². The predicted octanol–water partition coefficient (Wildman–Crippen LogP) is 3.38. The van der Waals surface area contributed by atoms with E-state index in [1.54, 1.807) is 18.3 Å². The SMILES string of the molecule is C[C@@H](O)c1ccc(OCc2ccsc2)cc1. The molecule has 1 aromatic carbocycles. The third kappa shape index (κ3) is 2.84. The van der Waals surface area contributed by atoms with Crippen LogP contribution in [0.2, 0.25) is 0 Å². The van der Waals surface area contributed by atoms with Gasteiger partial charge in [0.25, 0.3) is 0 Å². The molecular formula is C13H14O2S. The lowest BCUT2D eigenvalue weighted by Crippen LogP contribution is -1.95. The van der Waals surface area contributed by atoms with Crippen molar-refractivity contribution in [1.82, 2.24) is 0 Å². The average Bonchev–Trinajstić information content (AvgIpc) is 2.80. The quantitative estimate of drug-likeness (QED) is 0.878. The molecular weight excluding hydrogens is 220 g/mol. The van der Waals surface area contributed by atoms with E-state index in [1.807, 2.05) is 29.6 Å². The van der Waals surface area contributed by atoms with Crippen molar-refractivity contribution < 1.29 is 9.84 Å². The lowest BCUT2D eigenvalue weighted by atomic mass is 10.1. The molecule has 1 N–H and O–H groups in total. The first-order chi connectivity index (χ1) is 7.75. The second-order valence-corrected chi connectivity index (χ2v) is 4.45. The van der Waals surface area contributed by atoms with Crippen LogP contribution in [0, 0.1) is 0 Å².